The first-order valence-electron chi connectivity index (χ1n) is 9.30. The standard InChI is InChI=1S/C18H29INO3/c1-14(19)16(21)23-15-12-17(8-4-2-5-9-17)20(22)18(13-15)10-6-3-7-11-18/h14-15H,2-13H2,1H3. The van der Waals surface area contributed by atoms with E-state index in [1.54, 1.807) is 0 Å². The van der Waals surface area contributed by atoms with Crippen molar-refractivity contribution in [2.75, 3.05) is 0 Å². The first-order chi connectivity index (χ1) is 11.0. The lowest BCUT2D eigenvalue weighted by atomic mass is 9.66. The normalized spacial score (nSPS) is 31.9. The molecule has 5 heteroatoms. The van der Waals surface area contributed by atoms with Gasteiger partial charge in [-0.1, -0.05) is 61.1 Å². The highest BCUT2D eigenvalue weighted by molar-refractivity contribution is 14.1. The van der Waals surface area contributed by atoms with Crippen LogP contribution in [0.1, 0.15) is 84.0 Å². The van der Waals surface area contributed by atoms with Crippen LogP contribution < -0.4 is 0 Å². The van der Waals surface area contributed by atoms with Gasteiger partial charge in [0, 0.05) is 12.8 Å². The van der Waals surface area contributed by atoms with Crippen molar-refractivity contribution < 1.29 is 14.7 Å². The molecule has 1 heterocycles. The van der Waals surface area contributed by atoms with Crippen LogP contribution in [0, 0.1) is 0 Å². The molecule has 2 spiro atoms. The van der Waals surface area contributed by atoms with Crippen molar-refractivity contribution in [3.8, 4) is 0 Å². The molecule has 4 nitrogen and oxygen atoms in total. The minimum absolute atomic E-state index is 0.0684. The average Bonchev–Trinajstić information content (AvgIpc) is 2.54. The molecule has 0 N–H and O–H groups in total. The molecule has 3 aliphatic rings. The molecule has 0 aromatic carbocycles. The van der Waals surface area contributed by atoms with E-state index in [4.69, 9.17) is 4.74 Å². The van der Waals surface area contributed by atoms with Gasteiger partial charge in [-0.25, -0.2) is 0 Å². The molecule has 3 rings (SSSR count). The predicted octanol–water partition coefficient (Wildman–Crippen LogP) is 4.57. The third kappa shape index (κ3) is 3.56. The quantitative estimate of drug-likeness (QED) is 0.364. The molecule has 0 aromatic rings. The summed E-state index contributed by atoms with van der Waals surface area (Å²) in [4.78, 5) is 12.1. The van der Waals surface area contributed by atoms with Gasteiger partial charge < -0.3 is 4.74 Å². The fourth-order valence-corrected chi connectivity index (χ4v) is 5.31. The first kappa shape index (κ1) is 17.9. The second-order valence-corrected chi connectivity index (χ2v) is 9.82. The Morgan fingerprint density at radius 1 is 1.00 bits per heavy atom. The van der Waals surface area contributed by atoms with Crippen LogP contribution in [-0.4, -0.2) is 32.1 Å². The van der Waals surface area contributed by atoms with E-state index in [2.05, 4.69) is 22.6 Å². The van der Waals surface area contributed by atoms with Crippen molar-refractivity contribution >= 4 is 28.6 Å². The molecule has 2 aliphatic carbocycles. The van der Waals surface area contributed by atoms with Crippen LogP contribution >= 0.6 is 22.6 Å². The van der Waals surface area contributed by atoms with E-state index in [1.165, 1.54) is 17.9 Å². The zero-order valence-electron chi connectivity index (χ0n) is 14.2. The number of nitrogens with zero attached hydrogens (tertiary/aromatic N) is 1. The number of hydrogen-bond acceptors (Lipinski definition) is 3. The molecule has 1 radical (unpaired) electrons. The van der Waals surface area contributed by atoms with Crippen LogP contribution in [0.2, 0.25) is 0 Å². The van der Waals surface area contributed by atoms with Crippen LogP contribution in [0.5, 0.6) is 0 Å². The van der Waals surface area contributed by atoms with E-state index in [-0.39, 0.29) is 27.1 Å². The number of hydrogen-bond donors (Lipinski definition) is 0. The number of hydroxylamine groups is 2. The van der Waals surface area contributed by atoms with Gasteiger partial charge in [0.2, 0.25) is 0 Å². The lowest BCUT2D eigenvalue weighted by Gasteiger charge is -2.57. The van der Waals surface area contributed by atoms with Gasteiger partial charge >= 0.3 is 5.97 Å². The summed E-state index contributed by atoms with van der Waals surface area (Å²) < 4.78 is 5.72. The minimum atomic E-state index is -0.271. The van der Waals surface area contributed by atoms with Gasteiger partial charge in [-0.15, -0.1) is 10.3 Å². The monoisotopic (exact) mass is 434 g/mol. The van der Waals surface area contributed by atoms with Crippen LogP contribution in [0.4, 0.5) is 0 Å². The second kappa shape index (κ2) is 7.16. The molecule has 0 bridgehead atoms. The molecule has 2 saturated carbocycles. The van der Waals surface area contributed by atoms with Gasteiger partial charge in [-0.2, -0.15) is 0 Å². The van der Waals surface area contributed by atoms with Crippen molar-refractivity contribution in [3.63, 3.8) is 0 Å². The minimum Gasteiger partial charge on any atom is -0.461 e. The van der Waals surface area contributed by atoms with Gasteiger partial charge in [-0.3, -0.25) is 4.79 Å². The van der Waals surface area contributed by atoms with Crippen LogP contribution in [0.15, 0.2) is 0 Å². The second-order valence-electron chi connectivity index (χ2n) is 7.95. The molecule has 0 aromatic heterocycles. The molecule has 1 saturated heterocycles. The van der Waals surface area contributed by atoms with Crippen molar-refractivity contribution in [2.24, 2.45) is 0 Å². The molecule has 23 heavy (non-hydrogen) atoms. The third-order valence-corrected chi connectivity index (χ3v) is 6.76. The molecule has 1 aliphatic heterocycles. The Kier molecular flexibility index (Phi) is 5.58. The zero-order valence-corrected chi connectivity index (χ0v) is 16.3. The average molecular weight is 434 g/mol. The van der Waals surface area contributed by atoms with Crippen molar-refractivity contribution in [3.05, 3.63) is 0 Å². The number of carbonyl (C=O) groups excluding carboxylic acids is 1. The lowest BCUT2D eigenvalue weighted by Crippen LogP contribution is -2.66. The summed E-state index contributed by atoms with van der Waals surface area (Å²) in [6.45, 7) is 1.87. The maximum atomic E-state index is 13.4. The summed E-state index contributed by atoms with van der Waals surface area (Å²) in [6, 6.07) is 0. The Morgan fingerprint density at radius 2 is 1.43 bits per heavy atom. The number of piperidine rings is 1. The van der Waals surface area contributed by atoms with Crippen molar-refractivity contribution in [1.82, 2.24) is 5.06 Å². The number of alkyl halides is 1. The Bertz CT molecular complexity index is 400. The van der Waals surface area contributed by atoms with Gasteiger partial charge in [-0.05, 0) is 32.6 Å². The predicted molar refractivity (Wildman–Crippen MR) is 96.8 cm³/mol. The summed E-state index contributed by atoms with van der Waals surface area (Å²) >= 11 is 2.11. The number of esters is 1. The Morgan fingerprint density at radius 3 is 1.83 bits per heavy atom. The number of halogens is 1. The molecule has 1 atom stereocenters. The highest BCUT2D eigenvalue weighted by atomic mass is 127. The molecule has 131 valence electrons. The SMILES string of the molecule is CC(I)C(=O)OC1CC2(CCCCC2)N([O])C2(CCCCC2)C1. The summed E-state index contributed by atoms with van der Waals surface area (Å²) in [6.07, 6.45) is 12.3. The summed E-state index contributed by atoms with van der Waals surface area (Å²) in [7, 11) is 0. The van der Waals surface area contributed by atoms with Crippen LogP contribution in [0.3, 0.4) is 0 Å². The summed E-state index contributed by atoms with van der Waals surface area (Å²) in [5.74, 6) is -0.119. The Balaban J connectivity index is 1.83. The smallest absolute Gasteiger partial charge is 0.318 e. The summed E-state index contributed by atoms with van der Waals surface area (Å²) in [5.41, 5.74) is -0.541. The van der Waals surface area contributed by atoms with Crippen molar-refractivity contribution in [2.45, 2.75) is 105 Å². The van der Waals surface area contributed by atoms with Crippen molar-refractivity contribution in [1.29, 1.82) is 0 Å². The number of ether oxygens (including phenoxy) is 1. The van der Waals surface area contributed by atoms with Gasteiger partial charge in [0.05, 0.1) is 11.1 Å². The molecular formula is C18H29INO3. The largest absolute Gasteiger partial charge is 0.461 e. The number of rotatable bonds is 2. The zero-order chi connectivity index (χ0) is 16.5. The van der Waals surface area contributed by atoms with E-state index in [0.29, 0.717) is 0 Å². The van der Waals surface area contributed by atoms with E-state index in [0.717, 1.165) is 64.2 Å². The maximum absolute atomic E-state index is 13.4. The van der Waals surface area contributed by atoms with Gasteiger partial charge in [0.1, 0.15) is 10.0 Å². The first-order valence-corrected chi connectivity index (χ1v) is 10.5. The Labute approximate surface area is 153 Å². The van der Waals surface area contributed by atoms with E-state index in [1.807, 2.05) is 6.92 Å². The topological polar surface area (TPSA) is 49.4 Å². The van der Waals surface area contributed by atoms with Crippen LogP contribution in [0.25, 0.3) is 0 Å². The fraction of sp³-hybridized carbons (Fsp3) is 0.944. The molecule has 3 fully saturated rings. The third-order valence-electron chi connectivity index (χ3n) is 6.25. The van der Waals surface area contributed by atoms with Crippen LogP contribution in [-0.2, 0) is 14.7 Å². The van der Waals surface area contributed by atoms with Gasteiger partial charge in [0.15, 0.2) is 0 Å². The highest BCUT2D eigenvalue weighted by Gasteiger charge is 2.56. The fourth-order valence-electron chi connectivity index (χ4n) is 5.16. The highest BCUT2D eigenvalue weighted by Crippen LogP contribution is 2.51. The molecule has 0 amide bonds. The van der Waals surface area contributed by atoms with E-state index in [9.17, 15) is 10.0 Å². The summed E-state index contributed by atoms with van der Waals surface area (Å²) in [5, 5.41) is 14.9. The number of carbonyl (C=O) groups is 1. The van der Waals surface area contributed by atoms with Gasteiger partial charge in [0.25, 0.3) is 0 Å². The maximum Gasteiger partial charge on any atom is 0.318 e. The van der Waals surface area contributed by atoms with E-state index >= 15 is 0 Å². The molecule has 1 unspecified atom stereocenters. The molecular weight excluding hydrogens is 405 g/mol. The van der Waals surface area contributed by atoms with E-state index < -0.39 is 0 Å². The lowest BCUT2D eigenvalue weighted by molar-refractivity contribution is -0.328. The Hall–Kier alpha value is 0.120.